The third-order valence-electron chi connectivity index (χ3n) is 4.26. The molecule has 2 atom stereocenters. The summed E-state index contributed by atoms with van der Waals surface area (Å²) >= 11 is 0. The van der Waals surface area contributed by atoms with Crippen LogP contribution in [0.25, 0.3) is 12.2 Å². The minimum Gasteiger partial charge on any atom is -0.495 e. The van der Waals surface area contributed by atoms with Gasteiger partial charge in [-0.1, -0.05) is 18.2 Å². The molecule has 7 N–H and O–H groups in total. The highest BCUT2D eigenvalue weighted by Crippen LogP contribution is 2.38. The van der Waals surface area contributed by atoms with Gasteiger partial charge < -0.3 is 41.3 Å². The molecule has 0 aromatic heterocycles. The maximum absolute atomic E-state index is 10.1. The Bertz CT molecular complexity index is 874. The maximum atomic E-state index is 10.1. The number of rotatable bonds is 8. The minimum absolute atomic E-state index is 0.570. The number of anilines is 1. The van der Waals surface area contributed by atoms with Crippen LogP contribution in [0.5, 0.6) is 23.0 Å². The summed E-state index contributed by atoms with van der Waals surface area (Å²) in [5, 5.41) is 8.57. The fourth-order valence-corrected chi connectivity index (χ4v) is 2.48. The molecule has 0 saturated carbocycles. The topological polar surface area (TPSA) is 152 Å². The fourth-order valence-electron chi connectivity index (χ4n) is 2.48. The Morgan fingerprint density at radius 2 is 1.42 bits per heavy atom. The number of aliphatic hydroxyl groups is 1. The highest BCUT2D eigenvalue weighted by molar-refractivity contribution is 5.80. The number of benzene rings is 2. The lowest BCUT2D eigenvalue weighted by atomic mass is 10.1. The van der Waals surface area contributed by atoms with Crippen LogP contribution in [-0.4, -0.2) is 51.6 Å². The van der Waals surface area contributed by atoms with E-state index in [0.29, 0.717) is 28.7 Å². The molecule has 9 nitrogen and oxygen atoms in total. The van der Waals surface area contributed by atoms with Crippen LogP contribution in [0.1, 0.15) is 18.1 Å². The zero-order valence-electron chi connectivity index (χ0n) is 18.4. The smallest absolute Gasteiger partial charge is 0.237 e. The van der Waals surface area contributed by atoms with Crippen molar-refractivity contribution >= 4 is 23.7 Å². The molecule has 2 aromatic carbocycles. The molecule has 0 fully saturated rings. The lowest BCUT2D eigenvalue weighted by molar-refractivity contribution is -0.121. The first kappa shape index (κ1) is 25.6. The quantitative estimate of drug-likeness (QED) is 0.362. The predicted octanol–water partition coefficient (Wildman–Crippen LogP) is 1.65. The van der Waals surface area contributed by atoms with E-state index in [1.807, 2.05) is 42.5 Å². The van der Waals surface area contributed by atoms with Gasteiger partial charge in [0.15, 0.2) is 11.5 Å². The van der Waals surface area contributed by atoms with Crippen LogP contribution in [0.2, 0.25) is 0 Å². The molecule has 0 spiro atoms. The highest BCUT2D eigenvalue weighted by atomic mass is 16.5. The van der Waals surface area contributed by atoms with Gasteiger partial charge in [-0.05, 0) is 42.3 Å². The summed E-state index contributed by atoms with van der Waals surface area (Å²) in [5.41, 5.74) is 18.2. The number of hydrogen-bond acceptors (Lipinski definition) is 8. The third kappa shape index (κ3) is 7.40. The van der Waals surface area contributed by atoms with Crippen molar-refractivity contribution in [2.24, 2.45) is 11.5 Å². The van der Waals surface area contributed by atoms with Crippen molar-refractivity contribution in [3.8, 4) is 23.0 Å². The molecule has 31 heavy (non-hydrogen) atoms. The molecule has 0 saturated heterocycles. The molecule has 0 aliphatic rings. The Labute approximate surface area is 182 Å². The van der Waals surface area contributed by atoms with E-state index in [-0.39, 0.29) is 0 Å². The summed E-state index contributed by atoms with van der Waals surface area (Å²) in [6.45, 7) is 1.41. The van der Waals surface area contributed by atoms with E-state index in [9.17, 15) is 4.79 Å². The van der Waals surface area contributed by atoms with Crippen LogP contribution in [0, 0.1) is 0 Å². The van der Waals surface area contributed by atoms with Gasteiger partial charge >= 0.3 is 0 Å². The number of methoxy groups -OCH3 is 4. The molecule has 9 heteroatoms. The van der Waals surface area contributed by atoms with E-state index < -0.39 is 18.1 Å². The second-order valence-corrected chi connectivity index (χ2v) is 6.46. The molecule has 170 valence electrons. The second kappa shape index (κ2) is 12.3. The molecule has 0 aliphatic heterocycles. The van der Waals surface area contributed by atoms with Crippen LogP contribution in [-0.2, 0) is 4.79 Å². The Morgan fingerprint density at radius 1 is 0.903 bits per heavy atom. The van der Waals surface area contributed by atoms with Crippen LogP contribution in [0.15, 0.2) is 30.3 Å². The normalized spacial score (nSPS) is 12.4. The average molecular weight is 434 g/mol. The van der Waals surface area contributed by atoms with Crippen LogP contribution >= 0.6 is 0 Å². The summed E-state index contributed by atoms with van der Waals surface area (Å²) in [5.74, 6) is 1.78. The molecule has 0 aliphatic carbocycles. The van der Waals surface area contributed by atoms with Gasteiger partial charge in [0.1, 0.15) is 11.8 Å². The average Bonchev–Trinajstić information content (AvgIpc) is 2.76. The van der Waals surface area contributed by atoms with Gasteiger partial charge in [-0.3, -0.25) is 4.79 Å². The summed E-state index contributed by atoms with van der Waals surface area (Å²) < 4.78 is 21.2. The number of aliphatic hydroxyl groups excluding tert-OH is 1. The van der Waals surface area contributed by atoms with Crippen LogP contribution in [0.3, 0.4) is 0 Å². The van der Waals surface area contributed by atoms with Crippen molar-refractivity contribution < 1.29 is 28.8 Å². The van der Waals surface area contributed by atoms with E-state index in [1.165, 1.54) is 6.92 Å². The van der Waals surface area contributed by atoms with E-state index in [0.717, 1.165) is 11.1 Å². The van der Waals surface area contributed by atoms with Crippen molar-refractivity contribution in [2.75, 3.05) is 34.2 Å². The number of carbonyl (C=O) groups excluding carboxylic acids is 1. The maximum Gasteiger partial charge on any atom is 0.237 e. The van der Waals surface area contributed by atoms with E-state index in [4.69, 9.17) is 41.3 Å². The minimum atomic E-state index is -0.935. The van der Waals surface area contributed by atoms with Gasteiger partial charge in [0.25, 0.3) is 0 Å². The molecule has 2 aromatic rings. The number of nitrogens with two attached hydrogens (primary N) is 3. The zero-order valence-corrected chi connectivity index (χ0v) is 18.4. The summed E-state index contributed by atoms with van der Waals surface area (Å²) in [6, 6.07) is 8.45. The number of carbonyl (C=O) groups is 1. The molecule has 0 bridgehead atoms. The van der Waals surface area contributed by atoms with Crippen molar-refractivity contribution in [1.82, 2.24) is 0 Å². The Balaban J connectivity index is 0.000000512. The monoisotopic (exact) mass is 433 g/mol. The number of primary amides is 1. The van der Waals surface area contributed by atoms with E-state index in [1.54, 1.807) is 28.4 Å². The molecule has 0 heterocycles. The molecule has 0 radical (unpaired) electrons. The molecular formula is C22H31N3O6. The number of nitrogen functional groups attached to an aromatic ring is 1. The first-order valence-electron chi connectivity index (χ1n) is 9.33. The molecule has 2 rings (SSSR count). The van der Waals surface area contributed by atoms with E-state index in [2.05, 4.69) is 0 Å². The molecule has 1 amide bonds. The van der Waals surface area contributed by atoms with Crippen LogP contribution in [0.4, 0.5) is 5.69 Å². The van der Waals surface area contributed by atoms with Gasteiger partial charge in [-0.2, -0.15) is 0 Å². The lowest BCUT2D eigenvalue weighted by Gasteiger charge is -2.12. The second-order valence-electron chi connectivity index (χ2n) is 6.46. The SMILES string of the molecule is COc1ccc(/C=C\c2cc(OC)c(OC)c(OC)c2)cc1N.C[C@H](O)[C@@H](N)C(N)=O. The van der Waals surface area contributed by atoms with Crippen molar-refractivity contribution in [1.29, 1.82) is 0 Å². The predicted molar refractivity (Wildman–Crippen MR) is 121 cm³/mol. The van der Waals surface area contributed by atoms with Gasteiger partial charge in [-0.15, -0.1) is 0 Å². The van der Waals surface area contributed by atoms with Crippen molar-refractivity contribution in [3.05, 3.63) is 41.5 Å². The first-order valence-corrected chi connectivity index (χ1v) is 9.33. The Morgan fingerprint density at radius 3 is 1.77 bits per heavy atom. The van der Waals surface area contributed by atoms with Gasteiger partial charge in [0, 0.05) is 0 Å². The Kier molecular flexibility index (Phi) is 10.2. The standard InChI is InChI=1S/C18H21NO4.C4H10N2O2/c1-20-15-8-7-12(9-14(15)19)5-6-13-10-16(21-2)18(23-4)17(11-13)22-3;1-2(7)3(5)4(6)8/h5-11H,19H2,1-4H3;2-3,7H,5H2,1H3,(H2,6,8)/b6-5-;/t;2-,3+/m.0/s1. The lowest BCUT2D eigenvalue weighted by Crippen LogP contribution is -2.44. The number of hydrogen-bond donors (Lipinski definition) is 4. The summed E-state index contributed by atoms with van der Waals surface area (Å²) in [7, 11) is 6.36. The molecule has 0 unspecified atom stereocenters. The van der Waals surface area contributed by atoms with Crippen LogP contribution < -0.4 is 36.1 Å². The van der Waals surface area contributed by atoms with Gasteiger partial charge in [0.2, 0.25) is 11.7 Å². The molecular weight excluding hydrogens is 402 g/mol. The summed E-state index contributed by atoms with van der Waals surface area (Å²) in [4.78, 5) is 10.1. The van der Waals surface area contributed by atoms with Crippen molar-refractivity contribution in [2.45, 2.75) is 19.1 Å². The highest BCUT2D eigenvalue weighted by Gasteiger charge is 2.14. The third-order valence-corrected chi connectivity index (χ3v) is 4.26. The first-order chi connectivity index (χ1) is 14.7. The largest absolute Gasteiger partial charge is 0.495 e. The van der Waals surface area contributed by atoms with E-state index >= 15 is 0 Å². The number of amides is 1. The summed E-state index contributed by atoms with van der Waals surface area (Å²) in [6.07, 6.45) is 3.05. The number of ether oxygens (including phenoxy) is 4. The Hall–Kier alpha value is -3.43. The zero-order chi connectivity index (χ0) is 23.6. The van der Waals surface area contributed by atoms with Crippen molar-refractivity contribution in [3.63, 3.8) is 0 Å². The fraction of sp³-hybridized carbons (Fsp3) is 0.318. The van der Waals surface area contributed by atoms with Gasteiger partial charge in [-0.25, -0.2) is 0 Å². The van der Waals surface area contributed by atoms with Gasteiger partial charge in [0.05, 0.1) is 40.2 Å².